The van der Waals surface area contributed by atoms with Crippen LogP contribution in [0.15, 0.2) is 0 Å². The van der Waals surface area contributed by atoms with E-state index in [2.05, 4.69) is 5.32 Å². The second kappa shape index (κ2) is 5.63. The van der Waals surface area contributed by atoms with Crippen LogP contribution in [0.3, 0.4) is 0 Å². The Kier molecular flexibility index (Phi) is 7.24. The van der Waals surface area contributed by atoms with Gasteiger partial charge in [-0.1, -0.05) is 7.60 Å². The van der Waals surface area contributed by atoms with Crippen molar-refractivity contribution < 1.29 is 49.8 Å². The van der Waals surface area contributed by atoms with E-state index in [1.807, 2.05) is 0 Å². The van der Waals surface area contributed by atoms with Gasteiger partial charge in [-0.3, -0.25) is 4.57 Å². The monoisotopic (exact) mass is 397 g/mol. The SMILES string of the molecule is O=P([O-])([O-])C[N-]CP(=O)([O-])[OH2+].[Pt+2]. The second-order valence-electron chi connectivity index (χ2n) is 1.79. The summed E-state index contributed by atoms with van der Waals surface area (Å²) < 4.78 is 19.9. The summed E-state index contributed by atoms with van der Waals surface area (Å²) in [5.41, 5.74) is 0. The van der Waals surface area contributed by atoms with Gasteiger partial charge in [0.25, 0.3) is 7.60 Å². The van der Waals surface area contributed by atoms with Gasteiger partial charge in [0.15, 0.2) is 0 Å². The summed E-state index contributed by atoms with van der Waals surface area (Å²) in [5.74, 6) is 0. The minimum absolute atomic E-state index is 0. The fraction of sp³-hybridized carbons (Fsp3) is 1.00. The largest absolute Gasteiger partial charge is 2.00 e. The average Bonchev–Trinajstić information content (AvgIpc) is 1.55. The van der Waals surface area contributed by atoms with Crippen molar-refractivity contribution in [3.63, 3.8) is 0 Å². The molecule has 0 aliphatic carbocycles. The first-order valence-corrected chi connectivity index (χ1v) is 5.94. The molecule has 0 aliphatic rings. The van der Waals surface area contributed by atoms with Crippen LogP contribution in [0, 0.1) is 0 Å². The molecule has 0 fully saturated rings. The summed E-state index contributed by atoms with van der Waals surface area (Å²) in [6.45, 7) is 0. The number of hydrogen-bond donors (Lipinski definition) is 0. The third kappa shape index (κ3) is 13.5. The fourth-order valence-electron chi connectivity index (χ4n) is 0.299. The molecule has 2 N–H and O–H groups in total. The maximum Gasteiger partial charge on any atom is 2.00 e. The smallest absolute Gasteiger partial charge is 0.812 e. The first kappa shape index (κ1) is 15.4. The number of nitrogens with zero attached hydrogens (tertiary/aromatic N) is 1. The molecule has 76 valence electrons. The molecule has 1 atom stereocenters. The molecule has 0 spiro atoms. The Labute approximate surface area is 83.1 Å². The molecule has 0 bridgehead atoms. The van der Waals surface area contributed by atoms with Crippen LogP contribution in [0.2, 0.25) is 0 Å². The van der Waals surface area contributed by atoms with Crippen molar-refractivity contribution in [1.29, 1.82) is 0 Å². The summed E-state index contributed by atoms with van der Waals surface area (Å²) in [6, 6.07) is 0. The molecular formula is C2H6NO6P2Pt-. The van der Waals surface area contributed by atoms with Gasteiger partial charge in [-0.05, 0) is 6.29 Å². The molecule has 0 heterocycles. The molecule has 7 nitrogen and oxygen atoms in total. The molecule has 0 saturated heterocycles. The first-order chi connectivity index (χ1) is 4.71. The zero-order valence-electron chi connectivity index (χ0n) is 5.61. The van der Waals surface area contributed by atoms with Crippen LogP contribution in [-0.2, 0) is 30.2 Å². The van der Waals surface area contributed by atoms with E-state index in [0.29, 0.717) is 0 Å². The van der Waals surface area contributed by atoms with Crippen molar-refractivity contribution in [2.75, 3.05) is 12.6 Å². The first-order valence-electron chi connectivity index (χ1n) is 2.40. The van der Waals surface area contributed by atoms with E-state index >= 15 is 0 Å². The average molecular weight is 397 g/mol. The van der Waals surface area contributed by atoms with E-state index in [9.17, 15) is 23.8 Å². The van der Waals surface area contributed by atoms with Crippen LogP contribution in [0.25, 0.3) is 5.32 Å². The standard InChI is InChI=1S/C2H8NO6P2.Pt/c4-10(5,6)1-3-2-11(7,8)9;/h1-2H2,(H2,4,5,6)(H2,7,8,9);/q-1;+2/p-2. The van der Waals surface area contributed by atoms with E-state index < -0.39 is 27.8 Å². The molecule has 10 heteroatoms. The van der Waals surface area contributed by atoms with Crippen molar-refractivity contribution in [1.82, 2.24) is 0 Å². The quantitative estimate of drug-likeness (QED) is 0.380. The van der Waals surface area contributed by atoms with Gasteiger partial charge >= 0.3 is 21.1 Å². The Morgan fingerprint density at radius 1 is 1.17 bits per heavy atom. The van der Waals surface area contributed by atoms with E-state index in [1.54, 1.807) is 0 Å². The van der Waals surface area contributed by atoms with Gasteiger partial charge in [0.05, 0.1) is 0 Å². The Morgan fingerprint density at radius 3 is 1.83 bits per heavy atom. The zero-order chi connectivity index (χ0) is 9.12. The summed E-state index contributed by atoms with van der Waals surface area (Å²) in [5, 5.41) is 2.86. The van der Waals surface area contributed by atoms with Gasteiger partial charge in [0.1, 0.15) is 0 Å². The predicted octanol–water partition coefficient (Wildman–Crippen LogP) is -2.54. The van der Waals surface area contributed by atoms with E-state index in [1.165, 1.54) is 0 Å². The van der Waals surface area contributed by atoms with Gasteiger partial charge in [-0.15, -0.1) is 6.29 Å². The maximum absolute atomic E-state index is 10.0. The molecule has 0 aromatic heterocycles. The second-order valence-corrected chi connectivity index (χ2v) is 4.93. The molecule has 0 aromatic carbocycles. The molecule has 12 heavy (non-hydrogen) atoms. The predicted molar refractivity (Wildman–Crippen MR) is 31.9 cm³/mol. The Balaban J connectivity index is 0. The summed E-state index contributed by atoms with van der Waals surface area (Å²) in [7, 11) is -9.08. The Hall–Kier alpha value is 0.948. The van der Waals surface area contributed by atoms with Crippen molar-refractivity contribution in [2.24, 2.45) is 0 Å². The van der Waals surface area contributed by atoms with Gasteiger partial charge < -0.3 is 29.5 Å². The number of hydrogen-bond acceptors (Lipinski definition) is 5. The molecule has 0 radical (unpaired) electrons. The molecule has 0 rings (SSSR count). The molecule has 0 aromatic rings. The van der Waals surface area contributed by atoms with Crippen molar-refractivity contribution in [3.8, 4) is 0 Å². The van der Waals surface area contributed by atoms with Crippen LogP contribution in [0.1, 0.15) is 0 Å². The molecule has 0 saturated carbocycles. The summed E-state index contributed by atoms with van der Waals surface area (Å²) >= 11 is 0. The maximum atomic E-state index is 10.0. The summed E-state index contributed by atoms with van der Waals surface area (Å²) in [6.07, 6.45) is -2.00. The Bertz CT molecular complexity index is 186. The van der Waals surface area contributed by atoms with E-state index in [0.717, 1.165) is 0 Å². The van der Waals surface area contributed by atoms with Crippen molar-refractivity contribution in [2.45, 2.75) is 0 Å². The van der Waals surface area contributed by atoms with Crippen LogP contribution >= 0.6 is 15.2 Å². The summed E-state index contributed by atoms with van der Waals surface area (Å²) in [4.78, 5) is 36.0. The van der Waals surface area contributed by atoms with Gasteiger partial charge in [-0.25, -0.2) is 0 Å². The molecule has 1 unspecified atom stereocenters. The zero-order valence-corrected chi connectivity index (χ0v) is 9.67. The van der Waals surface area contributed by atoms with Crippen LogP contribution in [0.5, 0.6) is 0 Å². The fourth-order valence-corrected chi connectivity index (χ4v) is 1.16. The van der Waals surface area contributed by atoms with Crippen molar-refractivity contribution in [3.05, 3.63) is 5.32 Å². The van der Waals surface area contributed by atoms with Crippen LogP contribution < -0.4 is 14.7 Å². The van der Waals surface area contributed by atoms with Gasteiger partial charge in [-0.2, -0.15) is 0 Å². The normalized spacial score (nSPS) is 16.3. The number of rotatable bonds is 4. The van der Waals surface area contributed by atoms with Crippen LogP contribution in [-0.4, -0.2) is 17.5 Å². The van der Waals surface area contributed by atoms with Crippen molar-refractivity contribution >= 4 is 15.2 Å². The van der Waals surface area contributed by atoms with Gasteiger partial charge in [0, 0.05) is 0 Å². The van der Waals surface area contributed by atoms with E-state index in [-0.39, 0.29) is 21.1 Å². The minimum atomic E-state index is -4.76. The molecular weight excluding hydrogens is 391 g/mol. The Morgan fingerprint density at radius 2 is 1.58 bits per heavy atom. The van der Waals surface area contributed by atoms with Gasteiger partial charge in [0.2, 0.25) is 0 Å². The molecule has 0 aliphatic heterocycles. The third-order valence-corrected chi connectivity index (χ3v) is 1.68. The minimum Gasteiger partial charge on any atom is -0.812 e. The van der Waals surface area contributed by atoms with Crippen LogP contribution in [0.4, 0.5) is 0 Å². The topological polar surface area (TPSA) is 140 Å². The molecule has 0 amide bonds. The third-order valence-electron chi connectivity index (χ3n) is 0.559. The van der Waals surface area contributed by atoms with E-state index in [4.69, 9.17) is 4.89 Å².